The summed E-state index contributed by atoms with van der Waals surface area (Å²) in [6, 6.07) is -0.0118. The number of nitrogens with zero attached hydrogens (tertiary/aromatic N) is 5. The van der Waals surface area contributed by atoms with E-state index in [1.54, 1.807) is 4.90 Å². The number of aliphatic hydroxyl groups is 3. The van der Waals surface area contributed by atoms with Crippen molar-refractivity contribution < 1.29 is 30.0 Å². The Morgan fingerprint density at radius 3 is 2.56 bits per heavy atom. The van der Waals surface area contributed by atoms with Crippen molar-refractivity contribution >= 4 is 57.6 Å². The number of ether oxygens (including phenoxy) is 1. The second kappa shape index (κ2) is 8.42. The molecule has 3 heterocycles. The molecule has 2 fully saturated rings. The average Bonchev–Trinajstić information content (AvgIpc) is 3.44. The molecule has 0 unspecified atom stereocenters. The highest BCUT2D eigenvalue weighted by molar-refractivity contribution is 7.82. The summed E-state index contributed by atoms with van der Waals surface area (Å²) in [6.45, 7) is 0. The van der Waals surface area contributed by atoms with Crippen LogP contribution in [0.1, 0.15) is 25.7 Å². The minimum atomic E-state index is -2.63. The van der Waals surface area contributed by atoms with E-state index in [0.29, 0.717) is 5.82 Å². The molecule has 2 aromatic rings. The quantitative estimate of drug-likeness (QED) is 0.275. The van der Waals surface area contributed by atoms with Crippen molar-refractivity contribution in [2.24, 2.45) is 5.73 Å². The van der Waals surface area contributed by atoms with Crippen LogP contribution in [0.25, 0.3) is 11.2 Å². The van der Waals surface area contributed by atoms with Gasteiger partial charge in [0.15, 0.2) is 39.4 Å². The molecule has 4 rings (SSSR count). The van der Waals surface area contributed by atoms with E-state index in [0.717, 1.165) is 36.6 Å². The predicted molar refractivity (Wildman–Crippen MR) is 117 cm³/mol. The van der Waals surface area contributed by atoms with E-state index >= 15 is 0 Å². The standard InChI is InChI=1S/C17H21N7O6S2/c18-15(31)22-16(32)24(7-3-1-2-4-7)13-8-12(19-5-20-13)23(6-21-8)17(29)11(26)9(25)10(30-17)14(27)28/h5-7,9-11,25-26,29H,1-4H2,(H,27,28)(H3,18,22,31,32)/t9-,10+,11-,17+/m1/s1. The number of aromatic nitrogens is 4. The number of hydrogen-bond donors (Lipinski definition) is 6. The number of thiocarbonyl (C=S) groups is 2. The number of nitrogens with two attached hydrogens (primary N) is 1. The van der Waals surface area contributed by atoms with Gasteiger partial charge in [0, 0.05) is 6.04 Å². The number of anilines is 1. The molecule has 0 bridgehead atoms. The van der Waals surface area contributed by atoms with Crippen LogP contribution in [-0.2, 0) is 15.4 Å². The first-order chi connectivity index (χ1) is 15.1. The zero-order valence-electron chi connectivity index (χ0n) is 16.5. The van der Waals surface area contributed by atoms with E-state index in [9.17, 15) is 25.2 Å². The molecule has 2 aromatic heterocycles. The molecule has 1 saturated carbocycles. The zero-order chi connectivity index (χ0) is 23.2. The number of carboxylic acid groups (broad SMARTS) is 1. The zero-order valence-corrected chi connectivity index (χ0v) is 18.2. The van der Waals surface area contributed by atoms with Crippen LogP contribution >= 0.6 is 24.4 Å². The Bertz CT molecular complexity index is 1080. The molecule has 13 nitrogen and oxygen atoms in total. The molecule has 15 heteroatoms. The topological polar surface area (TPSA) is 192 Å². The summed E-state index contributed by atoms with van der Waals surface area (Å²) in [5, 5.41) is 43.5. The summed E-state index contributed by atoms with van der Waals surface area (Å²) in [4.78, 5) is 25.7. The molecule has 1 aliphatic carbocycles. The molecule has 0 amide bonds. The highest BCUT2D eigenvalue weighted by Crippen LogP contribution is 2.37. The minimum absolute atomic E-state index is 0.0118. The van der Waals surface area contributed by atoms with Gasteiger partial charge in [-0.05, 0) is 37.3 Å². The Morgan fingerprint density at radius 1 is 1.28 bits per heavy atom. The summed E-state index contributed by atoms with van der Waals surface area (Å²) >= 11 is 10.4. The SMILES string of the molecule is NC(=S)NC(=S)N(c1ncnc2c1ncn2[C@@]1(O)O[C@H](C(=O)O)[C@@H](O)[C@H]1O)C1CCCC1. The third kappa shape index (κ3) is 3.66. The summed E-state index contributed by atoms with van der Waals surface area (Å²) in [5.74, 6) is -3.87. The number of aliphatic carboxylic acids is 1. The highest BCUT2D eigenvalue weighted by atomic mass is 32.1. The lowest BCUT2D eigenvalue weighted by atomic mass is 10.1. The number of aliphatic hydroxyl groups excluding tert-OH is 2. The van der Waals surface area contributed by atoms with Crippen LogP contribution < -0.4 is 16.0 Å². The fourth-order valence-electron chi connectivity index (χ4n) is 4.11. The van der Waals surface area contributed by atoms with Gasteiger partial charge >= 0.3 is 5.97 Å². The number of carbonyl (C=O) groups is 1. The maximum atomic E-state index is 11.3. The van der Waals surface area contributed by atoms with Crippen molar-refractivity contribution in [3.05, 3.63) is 12.7 Å². The van der Waals surface area contributed by atoms with Crippen molar-refractivity contribution in [3.63, 3.8) is 0 Å². The van der Waals surface area contributed by atoms with E-state index in [4.69, 9.17) is 34.9 Å². The molecule has 0 spiro atoms. The van der Waals surface area contributed by atoms with E-state index in [-0.39, 0.29) is 27.4 Å². The van der Waals surface area contributed by atoms with E-state index in [1.165, 1.54) is 6.33 Å². The van der Waals surface area contributed by atoms with E-state index in [2.05, 4.69) is 20.3 Å². The summed E-state index contributed by atoms with van der Waals surface area (Å²) in [5.41, 5.74) is 5.82. The second-order valence-corrected chi connectivity index (χ2v) is 8.38. The summed E-state index contributed by atoms with van der Waals surface area (Å²) in [7, 11) is 0. The largest absolute Gasteiger partial charge is 0.479 e. The molecule has 1 aliphatic heterocycles. The van der Waals surface area contributed by atoms with Crippen molar-refractivity contribution in [2.75, 3.05) is 4.90 Å². The fourth-order valence-corrected chi connectivity index (χ4v) is 4.61. The van der Waals surface area contributed by atoms with Crippen molar-refractivity contribution in [1.29, 1.82) is 0 Å². The number of imidazole rings is 1. The Balaban J connectivity index is 1.80. The molecule has 4 atom stereocenters. The third-order valence-corrected chi connectivity index (χ3v) is 5.99. The first-order valence-electron chi connectivity index (χ1n) is 9.72. The first kappa shape index (κ1) is 22.6. The summed E-state index contributed by atoms with van der Waals surface area (Å²) < 4.78 is 6.07. The van der Waals surface area contributed by atoms with Crippen LogP contribution in [0.15, 0.2) is 12.7 Å². The Labute approximate surface area is 191 Å². The van der Waals surface area contributed by atoms with Gasteiger partial charge in [-0.2, -0.15) is 0 Å². The van der Waals surface area contributed by atoms with Crippen LogP contribution in [-0.4, -0.2) is 80.5 Å². The predicted octanol–water partition coefficient (Wildman–Crippen LogP) is -1.50. The van der Waals surface area contributed by atoms with Crippen molar-refractivity contribution in [1.82, 2.24) is 24.8 Å². The second-order valence-electron chi connectivity index (χ2n) is 7.56. The summed E-state index contributed by atoms with van der Waals surface area (Å²) in [6.07, 6.45) is 0.258. The molecule has 0 radical (unpaired) electrons. The Kier molecular flexibility index (Phi) is 5.95. The minimum Gasteiger partial charge on any atom is -0.479 e. The molecule has 2 aliphatic rings. The van der Waals surface area contributed by atoms with Gasteiger partial charge in [0.2, 0.25) is 0 Å². The molecule has 7 N–H and O–H groups in total. The lowest BCUT2D eigenvalue weighted by Crippen LogP contribution is -2.49. The number of rotatable bonds is 4. The lowest BCUT2D eigenvalue weighted by molar-refractivity contribution is -0.284. The smallest absolute Gasteiger partial charge is 0.335 e. The fraction of sp³-hybridized carbons (Fsp3) is 0.529. The van der Waals surface area contributed by atoms with Gasteiger partial charge in [-0.25, -0.2) is 19.7 Å². The molecule has 172 valence electrons. The van der Waals surface area contributed by atoms with Gasteiger partial charge in [-0.1, -0.05) is 12.8 Å². The van der Waals surface area contributed by atoms with E-state index < -0.39 is 30.2 Å². The van der Waals surface area contributed by atoms with Crippen molar-refractivity contribution in [3.8, 4) is 0 Å². The first-order valence-corrected chi connectivity index (χ1v) is 10.5. The van der Waals surface area contributed by atoms with Gasteiger partial charge in [0.1, 0.15) is 18.8 Å². The highest BCUT2D eigenvalue weighted by Gasteiger charge is 2.58. The van der Waals surface area contributed by atoms with Gasteiger partial charge in [0.05, 0.1) is 0 Å². The normalized spacial score (nSPS) is 28.2. The molecular formula is C17H21N7O6S2. The number of fused-ring (bicyclic) bond motifs is 1. The third-order valence-electron chi connectivity index (χ3n) is 5.59. The number of carboxylic acids is 1. The van der Waals surface area contributed by atoms with Gasteiger partial charge in [-0.15, -0.1) is 0 Å². The van der Waals surface area contributed by atoms with Crippen LogP contribution in [0.4, 0.5) is 5.82 Å². The van der Waals surface area contributed by atoms with E-state index in [1.807, 2.05) is 0 Å². The maximum Gasteiger partial charge on any atom is 0.335 e. The van der Waals surface area contributed by atoms with Crippen LogP contribution in [0.2, 0.25) is 0 Å². The average molecular weight is 484 g/mol. The van der Waals surface area contributed by atoms with Crippen LogP contribution in [0.5, 0.6) is 0 Å². The molecule has 32 heavy (non-hydrogen) atoms. The molecule has 0 aromatic carbocycles. The molecular weight excluding hydrogens is 462 g/mol. The van der Waals surface area contributed by atoms with Crippen molar-refractivity contribution in [2.45, 2.75) is 55.9 Å². The van der Waals surface area contributed by atoms with Gasteiger partial charge < -0.3 is 36.2 Å². The Hall–Kier alpha value is -2.56. The van der Waals surface area contributed by atoms with Gasteiger partial charge in [-0.3, -0.25) is 9.47 Å². The van der Waals surface area contributed by atoms with Gasteiger partial charge in [0.25, 0.3) is 5.91 Å². The van der Waals surface area contributed by atoms with Crippen LogP contribution in [0.3, 0.4) is 0 Å². The lowest BCUT2D eigenvalue weighted by Gasteiger charge is -2.30. The number of nitrogens with one attached hydrogen (secondary N) is 1. The maximum absolute atomic E-state index is 11.3. The monoisotopic (exact) mass is 483 g/mol. The molecule has 1 saturated heterocycles. The van der Waals surface area contributed by atoms with Crippen LogP contribution in [0, 0.1) is 0 Å². The Morgan fingerprint density at radius 2 is 1.97 bits per heavy atom. The number of hydrogen-bond acceptors (Lipinski definition) is 10.